The Morgan fingerprint density at radius 1 is 1.40 bits per heavy atom. The summed E-state index contributed by atoms with van der Waals surface area (Å²) in [6, 6.07) is 7.89. The van der Waals surface area contributed by atoms with E-state index in [2.05, 4.69) is 0 Å². The number of nitrogens with two attached hydrogens (primary N) is 1. The summed E-state index contributed by atoms with van der Waals surface area (Å²) in [6.45, 7) is 0. The molecule has 2 rings (SSSR count). The summed E-state index contributed by atoms with van der Waals surface area (Å²) < 4.78 is 5.08. The fourth-order valence-corrected chi connectivity index (χ4v) is 1.10. The molecular formula is C7H7BNO. The van der Waals surface area contributed by atoms with E-state index in [0.29, 0.717) is 0 Å². The number of benzene rings is 1. The van der Waals surface area contributed by atoms with E-state index in [4.69, 9.17) is 10.4 Å². The average Bonchev–Trinajstić information content (AvgIpc) is 2.34. The van der Waals surface area contributed by atoms with Crippen LogP contribution in [-0.4, -0.2) is 7.48 Å². The molecule has 0 aliphatic carbocycles. The van der Waals surface area contributed by atoms with E-state index in [1.807, 2.05) is 24.3 Å². The number of rotatable bonds is 0. The Labute approximate surface area is 60.3 Å². The van der Waals surface area contributed by atoms with Crippen LogP contribution in [0.5, 0.6) is 0 Å². The van der Waals surface area contributed by atoms with Crippen LogP contribution >= 0.6 is 0 Å². The predicted molar refractivity (Wildman–Crippen MR) is 39.8 cm³/mol. The van der Waals surface area contributed by atoms with Gasteiger partial charge in [0, 0.05) is 0 Å². The van der Waals surface area contributed by atoms with E-state index in [9.17, 15) is 0 Å². The highest BCUT2D eigenvalue weighted by atomic mass is 16.5. The van der Waals surface area contributed by atoms with Crippen molar-refractivity contribution in [1.82, 2.24) is 0 Å². The normalized spacial score (nSPS) is 21.9. The van der Waals surface area contributed by atoms with Crippen LogP contribution in [-0.2, 0) is 4.65 Å². The Morgan fingerprint density at radius 3 is 3.00 bits per heavy atom. The molecule has 0 amide bonds. The zero-order valence-corrected chi connectivity index (χ0v) is 5.45. The minimum absolute atomic E-state index is 0.254. The quantitative estimate of drug-likeness (QED) is 0.501. The zero-order valence-electron chi connectivity index (χ0n) is 5.45. The summed E-state index contributed by atoms with van der Waals surface area (Å²) in [5.41, 5.74) is 7.76. The lowest BCUT2D eigenvalue weighted by molar-refractivity contribution is 0.244. The van der Waals surface area contributed by atoms with Crippen molar-refractivity contribution >= 4 is 12.9 Å². The molecule has 2 N–H and O–H groups in total. The molecule has 1 atom stereocenters. The molecule has 0 saturated carbocycles. The number of fused-ring (bicyclic) bond motifs is 1. The van der Waals surface area contributed by atoms with Gasteiger partial charge in [-0.1, -0.05) is 24.3 Å². The summed E-state index contributed by atoms with van der Waals surface area (Å²) in [4.78, 5) is 0. The van der Waals surface area contributed by atoms with Gasteiger partial charge in [-0.3, -0.25) is 0 Å². The molecule has 1 aliphatic heterocycles. The van der Waals surface area contributed by atoms with Gasteiger partial charge in [0.05, 0.1) is 0 Å². The third kappa shape index (κ3) is 0.752. The van der Waals surface area contributed by atoms with Crippen molar-refractivity contribution in [2.45, 2.75) is 6.23 Å². The van der Waals surface area contributed by atoms with Crippen LogP contribution in [0.15, 0.2) is 24.3 Å². The monoisotopic (exact) mass is 132 g/mol. The van der Waals surface area contributed by atoms with Crippen molar-refractivity contribution in [2.24, 2.45) is 5.73 Å². The fraction of sp³-hybridized carbons (Fsp3) is 0.143. The molecule has 0 spiro atoms. The minimum Gasteiger partial charge on any atom is -0.416 e. The number of hydrogen-bond donors (Lipinski definition) is 1. The first-order valence-electron chi connectivity index (χ1n) is 3.21. The van der Waals surface area contributed by atoms with Crippen LogP contribution in [0.4, 0.5) is 0 Å². The van der Waals surface area contributed by atoms with E-state index < -0.39 is 0 Å². The third-order valence-electron chi connectivity index (χ3n) is 1.64. The SMILES string of the molecule is NC1O[B]c2ccccc21. The molecule has 0 bridgehead atoms. The van der Waals surface area contributed by atoms with Crippen LogP contribution in [0.2, 0.25) is 0 Å². The second-order valence-corrected chi connectivity index (χ2v) is 2.30. The molecule has 1 heterocycles. The van der Waals surface area contributed by atoms with E-state index in [-0.39, 0.29) is 6.23 Å². The van der Waals surface area contributed by atoms with Gasteiger partial charge in [0.15, 0.2) is 0 Å². The summed E-state index contributed by atoms with van der Waals surface area (Å²) in [7, 11) is 1.69. The molecule has 1 aromatic rings. The Balaban J connectivity index is 2.51. The molecule has 3 heteroatoms. The first kappa shape index (κ1) is 5.95. The second kappa shape index (κ2) is 2.11. The molecule has 0 saturated heterocycles. The lowest BCUT2D eigenvalue weighted by Gasteiger charge is -2.02. The van der Waals surface area contributed by atoms with Crippen molar-refractivity contribution in [3.05, 3.63) is 29.8 Å². The molecule has 1 unspecified atom stereocenters. The summed E-state index contributed by atoms with van der Waals surface area (Å²) in [5, 5.41) is 0. The molecule has 2 nitrogen and oxygen atoms in total. The highest BCUT2D eigenvalue weighted by molar-refractivity contribution is 6.49. The average molecular weight is 132 g/mol. The van der Waals surface area contributed by atoms with Gasteiger partial charge in [0.25, 0.3) is 0 Å². The Morgan fingerprint density at radius 2 is 2.20 bits per heavy atom. The Hall–Kier alpha value is -0.795. The van der Waals surface area contributed by atoms with Crippen molar-refractivity contribution in [1.29, 1.82) is 0 Å². The lowest BCUT2D eigenvalue weighted by Crippen LogP contribution is -2.10. The Bertz CT molecular complexity index is 251. The molecule has 0 fully saturated rings. The molecular weight excluding hydrogens is 125 g/mol. The fourth-order valence-electron chi connectivity index (χ4n) is 1.10. The maximum absolute atomic E-state index is 5.59. The molecule has 10 heavy (non-hydrogen) atoms. The van der Waals surface area contributed by atoms with Crippen LogP contribution in [0, 0.1) is 0 Å². The van der Waals surface area contributed by atoms with Gasteiger partial charge in [-0.2, -0.15) is 0 Å². The van der Waals surface area contributed by atoms with Gasteiger partial charge in [-0.25, -0.2) is 0 Å². The van der Waals surface area contributed by atoms with Crippen molar-refractivity contribution in [2.75, 3.05) is 0 Å². The first-order chi connectivity index (χ1) is 4.88. The summed E-state index contributed by atoms with van der Waals surface area (Å²) in [6.07, 6.45) is -0.254. The molecule has 1 aliphatic rings. The van der Waals surface area contributed by atoms with Gasteiger partial charge < -0.3 is 10.4 Å². The highest BCUT2D eigenvalue weighted by Crippen LogP contribution is 2.13. The van der Waals surface area contributed by atoms with Gasteiger partial charge in [-0.05, 0) is 11.0 Å². The molecule has 1 aromatic carbocycles. The molecule has 0 aromatic heterocycles. The summed E-state index contributed by atoms with van der Waals surface area (Å²) >= 11 is 0. The molecule has 1 radical (unpaired) electrons. The predicted octanol–water partition coefficient (Wildman–Crippen LogP) is -0.0814. The van der Waals surface area contributed by atoms with Gasteiger partial charge in [0.2, 0.25) is 0 Å². The maximum Gasteiger partial charge on any atom is 0.333 e. The van der Waals surface area contributed by atoms with Crippen molar-refractivity contribution in [3.63, 3.8) is 0 Å². The minimum atomic E-state index is -0.254. The van der Waals surface area contributed by atoms with Crippen LogP contribution in [0.1, 0.15) is 11.8 Å². The zero-order chi connectivity index (χ0) is 6.97. The Kier molecular flexibility index (Phi) is 1.26. The van der Waals surface area contributed by atoms with Crippen molar-refractivity contribution < 1.29 is 4.65 Å². The highest BCUT2D eigenvalue weighted by Gasteiger charge is 2.19. The van der Waals surface area contributed by atoms with Gasteiger partial charge in [0.1, 0.15) is 6.23 Å². The smallest absolute Gasteiger partial charge is 0.333 e. The lowest BCUT2D eigenvalue weighted by atomic mass is 9.87. The first-order valence-corrected chi connectivity index (χ1v) is 3.21. The molecule has 49 valence electrons. The van der Waals surface area contributed by atoms with Gasteiger partial charge in [-0.15, -0.1) is 0 Å². The summed E-state index contributed by atoms with van der Waals surface area (Å²) in [5.74, 6) is 0. The van der Waals surface area contributed by atoms with E-state index in [1.165, 1.54) is 0 Å². The van der Waals surface area contributed by atoms with Crippen LogP contribution in [0.3, 0.4) is 0 Å². The van der Waals surface area contributed by atoms with E-state index in [0.717, 1.165) is 11.0 Å². The largest absolute Gasteiger partial charge is 0.416 e. The topological polar surface area (TPSA) is 35.2 Å². The standard InChI is InChI=1S/C7H7BNO/c9-7-5-3-1-2-4-6(5)8-10-7/h1-4,7H,9H2. The van der Waals surface area contributed by atoms with Crippen molar-refractivity contribution in [3.8, 4) is 0 Å². The maximum atomic E-state index is 5.59. The van der Waals surface area contributed by atoms with E-state index in [1.54, 1.807) is 7.48 Å². The van der Waals surface area contributed by atoms with Crippen LogP contribution in [0.25, 0.3) is 0 Å². The van der Waals surface area contributed by atoms with E-state index >= 15 is 0 Å². The third-order valence-corrected chi connectivity index (χ3v) is 1.64. The number of hydrogen-bond acceptors (Lipinski definition) is 2. The van der Waals surface area contributed by atoms with Gasteiger partial charge >= 0.3 is 7.48 Å². The second-order valence-electron chi connectivity index (χ2n) is 2.30. The van der Waals surface area contributed by atoms with Crippen LogP contribution < -0.4 is 11.2 Å².